The van der Waals surface area contributed by atoms with Gasteiger partial charge in [0.2, 0.25) is 0 Å². The van der Waals surface area contributed by atoms with Crippen LogP contribution in [0.25, 0.3) is 0 Å². The van der Waals surface area contributed by atoms with Gasteiger partial charge < -0.3 is 5.32 Å². The summed E-state index contributed by atoms with van der Waals surface area (Å²) in [5.74, 6) is 1.84. The van der Waals surface area contributed by atoms with Crippen LogP contribution >= 0.6 is 0 Å². The van der Waals surface area contributed by atoms with Gasteiger partial charge >= 0.3 is 0 Å². The lowest BCUT2D eigenvalue weighted by Crippen LogP contribution is -2.24. The summed E-state index contributed by atoms with van der Waals surface area (Å²) in [6.45, 7) is 3.08. The van der Waals surface area contributed by atoms with Gasteiger partial charge in [-0.05, 0) is 26.3 Å². The topological polar surface area (TPSA) is 53.6 Å². The summed E-state index contributed by atoms with van der Waals surface area (Å²) in [6.07, 6.45) is 3.51. The molecule has 2 rings (SSSR count). The monoisotopic (exact) mass is 166 g/mol. The molecule has 1 saturated heterocycles. The molecule has 0 radical (unpaired) electrons. The molecule has 2 N–H and O–H groups in total. The van der Waals surface area contributed by atoms with Crippen molar-refractivity contribution < 1.29 is 0 Å². The summed E-state index contributed by atoms with van der Waals surface area (Å²) in [4.78, 5) is 4.27. The molecule has 1 aromatic rings. The van der Waals surface area contributed by atoms with Crippen LogP contribution in [-0.4, -0.2) is 27.8 Å². The van der Waals surface area contributed by atoms with Crippen LogP contribution in [0.3, 0.4) is 0 Å². The second-order valence-electron chi connectivity index (χ2n) is 3.33. The maximum Gasteiger partial charge on any atom is 0.152 e. The zero-order valence-electron chi connectivity index (χ0n) is 7.30. The van der Waals surface area contributed by atoms with E-state index < -0.39 is 0 Å². The van der Waals surface area contributed by atoms with E-state index in [2.05, 4.69) is 20.5 Å². The average Bonchev–Trinajstić information content (AvgIpc) is 2.63. The normalized spacial score (nSPS) is 23.2. The first kappa shape index (κ1) is 7.73. The van der Waals surface area contributed by atoms with Crippen molar-refractivity contribution in [3.63, 3.8) is 0 Å². The number of hydrogen-bond acceptors (Lipinski definition) is 3. The van der Waals surface area contributed by atoms with Crippen LogP contribution in [-0.2, 0) is 6.42 Å². The van der Waals surface area contributed by atoms with Crippen LogP contribution in [0.5, 0.6) is 0 Å². The largest absolute Gasteiger partial charge is 0.314 e. The van der Waals surface area contributed by atoms with Crippen molar-refractivity contribution in [2.45, 2.75) is 32.2 Å². The Hall–Kier alpha value is -0.900. The lowest BCUT2D eigenvalue weighted by atomic mass is 10.1. The van der Waals surface area contributed by atoms with Crippen LogP contribution in [0.4, 0.5) is 0 Å². The second-order valence-corrected chi connectivity index (χ2v) is 3.33. The van der Waals surface area contributed by atoms with E-state index in [0.29, 0.717) is 6.04 Å². The molecule has 1 aliphatic heterocycles. The zero-order chi connectivity index (χ0) is 8.39. The summed E-state index contributed by atoms with van der Waals surface area (Å²) >= 11 is 0. The Morgan fingerprint density at radius 2 is 2.50 bits per heavy atom. The van der Waals surface area contributed by atoms with Crippen LogP contribution < -0.4 is 5.32 Å². The Balaban J connectivity index is 1.94. The average molecular weight is 166 g/mol. The molecule has 0 saturated carbocycles. The maximum absolute atomic E-state index is 4.27. The predicted molar refractivity (Wildman–Crippen MR) is 45.8 cm³/mol. The van der Waals surface area contributed by atoms with Gasteiger partial charge in [0.15, 0.2) is 5.82 Å². The standard InChI is InChI=1S/C8H14N4/c1-6-10-8(12-11-6)5-7-3-2-4-9-7/h7,9H,2-5H2,1H3,(H,10,11,12). The molecule has 0 amide bonds. The van der Waals surface area contributed by atoms with E-state index in [1.54, 1.807) is 0 Å². The molecule has 4 heteroatoms. The summed E-state index contributed by atoms with van der Waals surface area (Å²) < 4.78 is 0. The zero-order valence-corrected chi connectivity index (χ0v) is 7.30. The van der Waals surface area contributed by atoms with Crippen molar-refractivity contribution in [1.29, 1.82) is 0 Å². The van der Waals surface area contributed by atoms with Crippen molar-refractivity contribution in [1.82, 2.24) is 20.5 Å². The van der Waals surface area contributed by atoms with Crippen molar-refractivity contribution >= 4 is 0 Å². The predicted octanol–water partition coefficient (Wildman–Crippen LogP) is 0.408. The molecule has 0 bridgehead atoms. The van der Waals surface area contributed by atoms with E-state index in [4.69, 9.17) is 0 Å². The van der Waals surface area contributed by atoms with Gasteiger partial charge in [0, 0.05) is 12.5 Å². The van der Waals surface area contributed by atoms with Gasteiger partial charge in [-0.1, -0.05) is 0 Å². The van der Waals surface area contributed by atoms with Gasteiger partial charge in [0.1, 0.15) is 5.82 Å². The number of rotatable bonds is 2. The molecule has 12 heavy (non-hydrogen) atoms. The molecule has 1 fully saturated rings. The summed E-state index contributed by atoms with van der Waals surface area (Å²) in [5, 5.41) is 10.4. The number of H-pyrrole nitrogens is 1. The maximum atomic E-state index is 4.27. The van der Waals surface area contributed by atoms with Gasteiger partial charge in [-0.25, -0.2) is 4.98 Å². The number of hydrogen-bond donors (Lipinski definition) is 2. The van der Waals surface area contributed by atoms with E-state index in [9.17, 15) is 0 Å². The smallest absolute Gasteiger partial charge is 0.152 e. The van der Waals surface area contributed by atoms with Gasteiger partial charge in [-0.3, -0.25) is 5.10 Å². The fourth-order valence-corrected chi connectivity index (χ4v) is 1.63. The van der Waals surface area contributed by atoms with Crippen LogP contribution in [0.1, 0.15) is 24.5 Å². The lowest BCUT2D eigenvalue weighted by Gasteiger charge is -2.05. The molecular formula is C8H14N4. The highest BCUT2D eigenvalue weighted by molar-refractivity contribution is 4.92. The fourth-order valence-electron chi connectivity index (χ4n) is 1.63. The van der Waals surface area contributed by atoms with Crippen molar-refractivity contribution in [2.24, 2.45) is 0 Å². The van der Waals surface area contributed by atoms with E-state index in [1.165, 1.54) is 12.8 Å². The van der Waals surface area contributed by atoms with E-state index in [-0.39, 0.29) is 0 Å². The van der Waals surface area contributed by atoms with Crippen LogP contribution in [0.15, 0.2) is 0 Å². The third-order valence-corrected chi connectivity index (χ3v) is 2.23. The van der Waals surface area contributed by atoms with Gasteiger partial charge in [-0.15, -0.1) is 0 Å². The Kier molecular flexibility index (Phi) is 2.08. The number of nitrogens with zero attached hydrogens (tertiary/aromatic N) is 2. The minimum atomic E-state index is 0.597. The Morgan fingerprint density at radius 1 is 1.58 bits per heavy atom. The number of nitrogens with one attached hydrogen (secondary N) is 2. The SMILES string of the molecule is Cc1nc(CC2CCCN2)n[nH]1. The second kappa shape index (κ2) is 3.23. The first-order valence-corrected chi connectivity index (χ1v) is 4.46. The first-order chi connectivity index (χ1) is 5.84. The fraction of sp³-hybridized carbons (Fsp3) is 0.750. The van der Waals surface area contributed by atoms with E-state index in [0.717, 1.165) is 24.6 Å². The van der Waals surface area contributed by atoms with Crippen LogP contribution in [0, 0.1) is 6.92 Å². The van der Waals surface area contributed by atoms with Gasteiger partial charge in [-0.2, -0.15) is 5.10 Å². The molecule has 0 aromatic carbocycles. The first-order valence-electron chi connectivity index (χ1n) is 4.46. The van der Waals surface area contributed by atoms with E-state index in [1.807, 2.05) is 6.92 Å². The third-order valence-electron chi connectivity index (χ3n) is 2.23. The molecular weight excluding hydrogens is 152 g/mol. The van der Waals surface area contributed by atoms with Gasteiger partial charge in [0.05, 0.1) is 0 Å². The van der Waals surface area contributed by atoms with Crippen LogP contribution in [0.2, 0.25) is 0 Å². The van der Waals surface area contributed by atoms with E-state index >= 15 is 0 Å². The molecule has 2 heterocycles. The quantitative estimate of drug-likeness (QED) is 0.669. The minimum absolute atomic E-state index is 0.597. The van der Waals surface area contributed by atoms with Crippen molar-refractivity contribution in [2.75, 3.05) is 6.54 Å². The summed E-state index contributed by atoms with van der Waals surface area (Å²) in [6, 6.07) is 0.597. The molecule has 4 nitrogen and oxygen atoms in total. The van der Waals surface area contributed by atoms with Crippen molar-refractivity contribution in [3.05, 3.63) is 11.6 Å². The molecule has 1 atom stereocenters. The summed E-state index contributed by atoms with van der Waals surface area (Å²) in [7, 11) is 0. The molecule has 0 spiro atoms. The van der Waals surface area contributed by atoms with Crippen molar-refractivity contribution in [3.8, 4) is 0 Å². The molecule has 1 unspecified atom stereocenters. The molecule has 1 aromatic heterocycles. The Labute approximate surface area is 71.8 Å². The highest BCUT2D eigenvalue weighted by atomic mass is 15.2. The number of aromatic nitrogens is 3. The minimum Gasteiger partial charge on any atom is -0.314 e. The summed E-state index contributed by atoms with van der Waals surface area (Å²) in [5.41, 5.74) is 0. The van der Waals surface area contributed by atoms with Gasteiger partial charge in [0.25, 0.3) is 0 Å². The molecule has 0 aliphatic carbocycles. The molecule has 1 aliphatic rings. The Bertz CT molecular complexity index is 249. The lowest BCUT2D eigenvalue weighted by molar-refractivity contribution is 0.586. The highest BCUT2D eigenvalue weighted by Crippen LogP contribution is 2.08. The third kappa shape index (κ3) is 1.64. The highest BCUT2D eigenvalue weighted by Gasteiger charge is 2.15. The molecule has 66 valence electrons. The number of aromatic amines is 1. The number of aryl methyl sites for hydroxylation is 1. The Morgan fingerprint density at radius 3 is 3.08 bits per heavy atom.